The van der Waals surface area contributed by atoms with E-state index in [2.05, 4.69) is 0 Å². The SMILES string of the molecule is CC(CCCCOCCCS(=O)(=O)O)S(=O)(=O)O. The molecule has 0 saturated heterocycles. The van der Waals surface area contributed by atoms with Gasteiger partial charge in [0.2, 0.25) is 0 Å². The maximum absolute atomic E-state index is 10.7. The maximum atomic E-state index is 10.7. The zero-order valence-corrected chi connectivity index (χ0v) is 11.9. The number of hydrogen-bond donors (Lipinski definition) is 2. The molecule has 0 aromatic heterocycles. The number of hydrogen-bond acceptors (Lipinski definition) is 5. The van der Waals surface area contributed by atoms with Crippen LogP contribution in [0.25, 0.3) is 0 Å². The van der Waals surface area contributed by atoms with Crippen molar-refractivity contribution < 1.29 is 30.7 Å². The molecule has 1 unspecified atom stereocenters. The number of unbranched alkanes of at least 4 members (excludes halogenated alkanes) is 1. The summed E-state index contributed by atoms with van der Waals surface area (Å²) in [5.41, 5.74) is 0. The normalized spacial score (nSPS) is 14.6. The summed E-state index contributed by atoms with van der Waals surface area (Å²) in [5.74, 6) is -0.327. The molecule has 0 spiro atoms. The van der Waals surface area contributed by atoms with E-state index < -0.39 is 25.5 Å². The van der Waals surface area contributed by atoms with Gasteiger partial charge in [0, 0.05) is 13.2 Å². The van der Waals surface area contributed by atoms with E-state index in [1.165, 1.54) is 6.92 Å². The Bertz CT molecular complexity index is 412. The average Bonchev–Trinajstić information content (AvgIpc) is 2.18. The van der Waals surface area contributed by atoms with Crippen molar-refractivity contribution in [3.05, 3.63) is 0 Å². The Hall–Kier alpha value is -0.220. The molecule has 9 heteroatoms. The van der Waals surface area contributed by atoms with Crippen molar-refractivity contribution in [1.29, 1.82) is 0 Å². The van der Waals surface area contributed by atoms with Crippen LogP contribution in [0.3, 0.4) is 0 Å². The topological polar surface area (TPSA) is 118 Å². The van der Waals surface area contributed by atoms with Gasteiger partial charge in [0.05, 0.1) is 11.0 Å². The molecular formula is C9H20O7S2. The van der Waals surface area contributed by atoms with Crippen LogP contribution in [0.5, 0.6) is 0 Å². The molecule has 0 rings (SSSR count). The predicted octanol–water partition coefficient (Wildman–Crippen LogP) is 0.728. The van der Waals surface area contributed by atoms with Crippen molar-refractivity contribution >= 4 is 20.2 Å². The van der Waals surface area contributed by atoms with Gasteiger partial charge in [-0.1, -0.05) is 0 Å². The van der Waals surface area contributed by atoms with Crippen LogP contribution in [0.15, 0.2) is 0 Å². The third-order valence-corrected chi connectivity index (χ3v) is 4.41. The van der Waals surface area contributed by atoms with Crippen molar-refractivity contribution in [3.63, 3.8) is 0 Å². The molecule has 0 aliphatic carbocycles. The van der Waals surface area contributed by atoms with Gasteiger partial charge in [-0.3, -0.25) is 9.11 Å². The van der Waals surface area contributed by atoms with Gasteiger partial charge < -0.3 is 4.74 Å². The first-order chi connectivity index (χ1) is 8.13. The van der Waals surface area contributed by atoms with Gasteiger partial charge in [-0.25, -0.2) is 0 Å². The second-order valence-corrected chi connectivity index (χ2v) is 7.48. The van der Waals surface area contributed by atoms with Gasteiger partial charge in [-0.2, -0.15) is 16.8 Å². The van der Waals surface area contributed by atoms with E-state index in [1.54, 1.807) is 0 Å². The lowest BCUT2D eigenvalue weighted by atomic mass is 10.2. The molecule has 0 bridgehead atoms. The van der Waals surface area contributed by atoms with Crippen LogP contribution in [-0.2, 0) is 25.0 Å². The van der Waals surface area contributed by atoms with Crippen LogP contribution in [0.4, 0.5) is 0 Å². The Labute approximate surface area is 108 Å². The summed E-state index contributed by atoms with van der Waals surface area (Å²) in [7, 11) is -7.88. The monoisotopic (exact) mass is 304 g/mol. The van der Waals surface area contributed by atoms with Gasteiger partial charge in [0.25, 0.3) is 20.2 Å². The van der Waals surface area contributed by atoms with Gasteiger partial charge in [0.15, 0.2) is 0 Å². The largest absolute Gasteiger partial charge is 0.381 e. The van der Waals surface area contributed by atoms with Crippen molar-refractivity contribution in [1.82, 2.24) is 0 Å². The quantitative estimate of drug-likeness (QED) is 0.451. The average molecular weight is 304 g/mol. The highest BCUT2D eigenvalue weighted by molar-refractivity contribution is 7.86. The van der Waals surface area contributed by atoms with E-state index >= 15 is 0 Å². The van der Waals surface area contributed by atoms with Crippen molar-refractivity contribution in [2.24, 2.45) is 0 Å². The molecule has 0 radical (unpaired) electrons. The summed E-state index contributed by atoms with van der Waals surface area (Å²) in [5, 5.41) is -0.781. The summed E-state index contributed by atoms with van der Waals surface area (Å²) in [4.78, 5) is 0. The van der Waals surface area contributed by atoms with Gasteiger partial charge in [-0.15, -0.1) is 0 Å². The molecule has 1 atom stereocenters. The second-order valence-electron chi connectivity index (χ2n) is 4.07. The van der Waals surface area contributed by atoms with Crippen molar-refractivity contribution in [3.8, 4) is 0 Å². The molecule has 2 N–H and O–H groups in total. The molecule has 0 amide bonds. The van der Waals surface area contributed by atoms with Crippen LogP contribution < -0.4 is 0 Å². The van der Waals surface area contributed by atoms with E-state index in [0.29, 0.717) is 25.9 Å². The minimum Gasteiger partial charge on any atom is -0.381 e. The molecule has 0 aliphatic rings. The zero-order valence-electron chi connectivity index (χ0n) is 10.3. The fraction of sp³-hybridized carbons (Fsp3) is 1.00. The first-order valence-corrected chi connectivity index (χ1v) is 8.73. The Kier molecular flexibility index (Phi) is 7.95. The molecular weight excluding hydrogens is 284 g/mol. The summed E-state index contributed by atoms with van der Waals surface area (Å²) in [6, 6.07) is 0. The van der Waals surface area contributed by atoms with E-state index in [9.17, 15) is 16.8 Å². The van der Waals surface area contributed by atoms with E-state index in [0.717, 1.165) is 0 Å². The smallest absolute Gasteiger partial charge is 0.267 e. The minimum absolute atomic E-state index is 0.222. The minimum atomic E-state index is -3.96. The first-order valence-electron chi connectivity index (χ1n) is 5.62. The summed E-state index contributed by atoms with van der Waals surface area (Å²) < 4.78 is 64.3. The molecule has 0 heterocycles. The molecule has 18 heavy (non-hydrogen) atoms. The molecule has 0 aromatic carbocycles. The third-order valence-electron chi connectivity index (χ3n) is 2.35. The summed E-state index contributed by atoms with van der Waals surface area (Å²) in [6.45, 7) is 2.06. The van der Waals surface area contributed by atoms with Crippen LogP contribution >= 0.6 is 0 Å². The Morgan fingerprint density at radius 3 is 2.06 bits per heavy atom. The highest BCUT2D eigenvalue weighted by Gasteiger charge is 2.15. The molecule has 110 valence electrons. The van der Waals surface area contributed by atoms with E-state index in [4.69, 9.17) is 13.8 Å². The van der Waals surface area contributed by atoms with Crippen molar-refractivity contribution in [2.75, 3.05) is 19.0 Å². The van der Waals surface area contributed by atoms with Crippen molar-refractivity contribution in [2.45, 2.75) is 37.9 Å². The molecule has 0 aliphatic heterocycles. The van der Waals surface area contributed by atoms with Crippen LogP contribution in [0.2, 0.25) is 0 Å². The first kappa shape index (κ1) is 17.8. The Morgan fingerprint density at radius 1 is 1.00 bits per heavy atom. The van der Waals surface area contributed by atoms with Crippen LogP contribution in [-0.4, -0.2) is 50.2 Å². The molecule has 0 fully saturated rings. The lowest BCUT2D eigenvalue weighted by Gasteiger charge is -2.07. The standard InChI is InChI=1S/C9H20O7S2/c1-9(18(13,14)15)5-2-3-6-16-7-4-8-17(10,11)12/h9H,2-8H2,1H3,(H,10,11,12)(H,13,14,15). The Balaban J connectivity index is 3.43. The third kappa shape index (κ3) is 10.9. The summed E-state index contributed by atoms with van der Waals surface area (Å²) >= 11 is 0. The number of rotatable bonds is 10. The second kappa shape index (κ2) is 8.05. The van der Waals surface area contributed by atoms with Gasteiger partial charge >= 0.3 is 0 Å². The lowest BCUT2D eigenvalue weighted by molar-refractivity contribution is 0.130. The van der Waals surface area contributed by atoms with E-state index in [-0.39, 0.29) is 18.8 Å². The zero-order chi connectivity index (χ0) is 14.2. The summed E-state index contributed by atoms with van der Waals surface area (Å²) in [6.07, 6.45) is 1.80. The van der Waals surface area contributed by atoms with Crippen LogP contribution in [0, 0.1) is 0 Å². The van der Waals surface area contributed by atoms with E-state index in [1.807, 2.05) is 0 Å². The molecule has 0 saturated carbocycles. The lowest BCUT2D eigenvalue weighted by Crippen LogP contribution is -2.16. The van der Waals surface area contributed by atoms with Gasteiger partial charge in [0.1, 0.15) is 0 Å². The highest BCUT2D eigenvalue weighted by Crippen LogP contribution is 2.08. The highest BCUT2D eigenvalue weighted by atomic mass is 32.2. The Morgan fingerprint density at radius 2 is 1.56 bits per heavy atom. The fourth-order valence-electron chi connectivity index (χ4n) is 1.23. The van der Waals surface area contributed by atoms with Gasteiger partial charge in [-0.05, 0) is 32.6 Å². The van der Waals surface area contributed by atoms with Crippen LogP contribution in [0.1, 0.15) is 32.6 Å². The maximum Gasteiger partial charge on any atom is 0.267 e. The predicted molar refractivity (Wildman–Crippen MR) is 66.7 cm³/mol. The number of ether oxygens (including phenoxy) is 1. The fourth-order valence-corrected chi connectivity index (χ4v) is 2.18. The molecule has 0 aromatic rings. The molecule has 7 nitrogen and oxygen atoms in total.